The van der Waals surface area contributed by atoms with Crippen molar-refractivity contribution in [3.63, 3.8) is 0 Å². The number of aromatic carboxylic acids is 1. The Labute approximate surface area is 245 Å². The van der Waals surface area contributed by atoms with Crippen LogP contribution in [0.4, 0.5) is 14.5 Å². The van der Waals surface area contributed by atoms with Crippen LogP contribution in [0.5, 0.6) is 5.75 Å². The van der Waals surface area contributed by atoms with Gasteiger partial charge in [-0.05, 0) is 43.7 Å². The van der Waals surface area contributed by atoms with Gasteiger partial charge in [-0.2, -0.15) is 0 Å². The molecule has 2 fully saturated rings. The Hall–Kier alpha value is -4.33. The Balaban J connectivity index is 1.51. The average molecular weight is 605 g/mol. The number of carboxylic acids is 2. The second-order valence-electron chi connectivity index (χ2n) is 10.8. The number of aromatic nitrogens is 1. The molecule has 1 saturated carbocycles. The highest BCUT2D eigenvalue weighted by Gasteiger charge is 2.32. The molecule has 14 heteroatoms. The highest BCUT2D eigenvalue weighted by atomic mass is 19.1. The maximum atomic E-state index is 15.6. The minimum absolute atomic E-state index is 0.00878. The molecular formula is C29H34F2N4O8. The number of nitrogens with two attached hydrogens (primary N) is 1. The van der Waals surface area contributed by atoms with Gasteiger partial charge in [0, 0.05) is 44.6 Å². The molecule has 1 aromatic carbocycles. The lowest BCUT2D eigenvalue weighted by Gasteiger charge is -2.33. The lowest BCUT2D eigenvalue weighted by molar-refractivity contribution is -0.137. The van der Waals surface area contributed by atoms with Gasteiger partial charge in [0.25, 0.3) is 0 Å². The van der Waals surface area contributed by atoms with Gasteiger partial charge in [-0.15, -0.1) is 0 Å². The molecule has 1 saturated heterocycles. The SMILES string of the molecule is COc1c(N2CCC/C(=C(\F)CCC(=O)CNC(=O)[C@@H](N)CCC(=O)O)C2)c(F)cc2c(=O)c(C(=O)O)cn(C3CC3)c12. The summed E-state index contributed by atoms with van der Waals surface area (Å²) in [5, 5.41) is 20.4. The summed E-state index contributed by atoms with van der Waals surface area (Å²) < 4.78 is 38.1. The molecule has 1 amide bonds. The molecular weight excluding hydrogens is 570 g/mol. The molecule has 43 heavy (non-hydrogen) atoms. The van der Waals surface area contributed by atoms with E-state index < -0.39 is 52.3 Å². The molecule has 1 aliphatic heterocycles. The summed E-state index contributed by atoms with van der Waals surface area (Å²) in [6, 6.07) is -0.137. The third-order valence-electron chi connectivity index (χ3n) is 7.65. The predicted molar refractivity (Wildman–Crippen MR) is 152 cm³/mol. The zero-order chi connectivity index (χ0) is 31.4. The number of aliphatic carboxylic acids is 1. The molecule has 2 aliphatic rings. The van der Waals surface area contributed by atoms with E-state index in [-0.39, 0.29) is 67.2 Å². The summed E-state index contributed by atoms with van der Waals surface area (Å²) in [6.45, 7) is -0.00148. The van der Waals surface area contributed by atoms with Crippen LogP contribution in [0.1, 0.15) is 67.8 Å². The zero-order valence-electron chi connectivity index (χ0n) is 23.7. The van der Waals surface area contributed by atoms with Crippen LogP contribution in [0.2, 0.25) is 0 Å². The number of anilines is 1. The molecule has 232 valence electrons. The normalized spacial score (nSPS) is 17.0. The van der Waals surface area contributed by atoms with Crippen LogP contribution in [0.15, 0.2) is 28.5 Å². The van der Waals surface area contributed by atoms with E-state index in [9.17, 15) is 29.1 Å². The lowest BCUT2D eigenvalue weighted by atomic mass is 10.00. The van der Waals surface area contributed by atoms with Gasteiger partial charge in [0.05, 0.1) is 30.6 Å². The molecule has 0 spiro atoms. The van der Waals surface area contributed by atoms with E-state index in [1.807, 2.05) is 0 Å². The Morgan fingerprint density at radius 2 is 1.91 bits per heavy atom. The number of allylic oxidation sites excluding steroid dienone is 1. The van der Waals surface area contributed by atoms with Crippen LogP contribution in [-0.2, 0) is 14.4 Å². The first-order chi connectivity index (χ1) is 20.4. The number of methoxy groups -OCH3 is 1. The van der Waals surface area contributed by atoms with Crippen molar-refractivity contribution in [2.24, 2.45) is 5.73 Å². The summed E-state index contributed by atoms with van der Waals surface area (Å²) >= 11 is 0. The number of ketones is 1. The number of carbonyl (C=O) groups excluding carboxylic acids is 2. The number of carbonyl (C=O) groups is 4. The summed E-state index contributed by atoms with van der Waals surface area (Å²) in [5.74, 6) is -4.89. The second-order valence-corrected chi connectivity index (χ2v) is 10.8. The third-order valence-corrected chi connectivity index (χ3v) is 7.65. The highest BCUT2D eigenvalue weighted by molar-refractivity contribution is 5.97. The van der Waals surface area contributed by atoms with Crippen molar-refractivity contribution in [1.29, 1.82) is 0 Å². The van der Waals surface area contributed by atoms with Gasteiger partial charge in [0.2, 0.25) is 11.3 Å². The van der Waals surface area contributed by atoms with Gasteiger partial charge in [0.15, 0.2) is 17.3 Å². The van der Waals surface area contributed by atoms with Crippen LogP contribution < -0.4 is 26.1 Å². The van der Waals surface area contributed by atoms with Crippen LogP contribution in [0.25, 0.3) is 10.9 Å². The quantitative estimate of drug-likeness (QED) is 0.265. The number of Topliss-reactive ketones (excluding diaryl/α,β-unsaturated/α-hetero) is 1. The third kappa shape index (κ3) is 7.19. The number of amides is 1. The number of ether oxygens (including phenoxy) is 1. The first-order valence-corrected chi connectivity index (χ1v) is 14.0. The number of carboxylic acid groups (broad SMARTS) is 2. The number of nitrogens with zero attached hydrogens (tertiary/aromatic N) is 2. The van der Waals surface area contributed by atoms with Crippen molar-refractivity contribution in [2.75, 3.05) is 31.6 Å². The number of benzene rings is 1. The first-order valence-electron chi connectivity index (χ1n) is 14.0. The number of pyridine rings is 1. The van der Waals surface area contributed by atoms with Crippen LogP contribution in [-0.4, -0.2) is 71.2 Å². The van der Waals surface area contributed by atoms with Crippen molar-refractivity contribution < 1.29 is 42.9 Å². The van der Waals surface area contributed by atoms with Crippen molar-refractivity contribution in [3.05, 3.63) is 45.3 Å². The summed E-state index contributed by atoms with van der Waals surface area (Å²) in [4.78, 5) is 61.1. The van der Waals surface area contributed by atoms with Gasteiger partial charge in [0.1, 0.15) is 17.1 Å². The minimum atomic E-state index is -1.41. The number of rotatable bonds is 13. The number of hydrogen-bond donors (Lipinski definition) is 4. The van der Waals surface area contributed by atoms with Crippen molar-refractivity contribution in [3.8, 4) is 5.75 Å². The van der Waals surface area contributed by atoms with Gasteiger partial charge in [-0.3, -0.25) is 19.2 Å². The second kappa shape index (κ2) is 13.3. The predicted octanol–water partition coefficient (Wildman–Crippen LogP) is 2.66. The standard InChI is InChI=1S/C29H34F2N4O8/c1-43-27-24-18(26(39)19(29(41)42)14-35(24)16-4-5-16)11-21(31)25(27)34-10-2-3-15(13-34)20(30)7-6-17(36)12-33-28(40)22(32)8-9-23(37)38/h11,14,16,22H,2-10,12-13,32H2,1H3,(H,33,40)(H,37,38)(H,41,42)/b20-15+/t22-/m0/s1. The molecule has 2 aromatic rings. The number of halogens is 2. The molecule has 1 aliphatic carbocycles. The van der Waals surface area contributed by atoms with E-state index in [1.165, 1.54) is 13.3 Å². The highest BCUT2D eigenvalue weighted by Crippen LogP contribution is 2.44. The number of nitrogens with one attached hydrogen (secondary N) is 1. The Kier molecular flexibility index (Phi) is 9.79. The summed E-state index contributed by atoms with van der Waals surface area (Å²) in [6.07, 6.45) is 2.85. The molecule has 0 unspecified atom stereocenters. The Morgan fingerprint density at radius 3 is 2.53 bits per heavy atom. The van der Waals surface area contributed by atoms with Gasteiger partial charge in [-0.25, -0.2) is 13.6 Å². The van der Waals surface area contributed by atoms with Crippen molar-refractivity contribution in [1.82, 2.24) is 9.88 Å². The topological polar surface area (TPSA) is 181 Å². The van der Waals surface area contributed by atoms with Gasteiger partial charge >= 0.3 is 11.9 Å². The average Bonchev–Trinajstić information content (AvgIpc) is 3.82. The summed E-state index contributed by atoms with van der Waals surface area (Å²) in [5.41, 5.74) is 5.02. The number of hydrogen-bond acceptors (Lipinski definition) is 8. The maximum Gasteiger partial charge on any atom is 0.341 e. The number of piperidine rings is 1. The van der Waals surface area contributed by atoms with Crippen molar-refractivity contribution in [2.45, 2.75) is 63.5 Å². The maximum absolute atomic E-state index is 15.6. The smallest absolute Gasteiger partial charge is 0.341 e. The molecule has 0 radical (unpaired) electrons. The van der Waals surface area contributed by atoms with E-state index in [4.69, 9.17) is 15.6 Å². The largest absolute Gasteiger partial charge is 0.492 e. The van der Waals surface area contributed by atoms with Crippen molar-refractivity contribution >= 4 is 40.2 Å². The Bertz CT molecular complexity index is 1550. The fraction of sp³-hybridized carbons (Fsp3) is 0.483. The van der Waals surface area contributed by atoms with E-state index >= 15 is 8.78 Å². The van der Waals surface area contributed by atoms with Gasteiger partial charge in [-0.1, -0.05) is 0 Å². The van der Waals surface area contributed by atoms with Crippen LogP contribution >= 0.6 is 0 Å². The van der Waals surface area contributed by atoms with E-state index in [2.05, 4.69) is 5.32 Å². The fourth-order valence-electron chi connectivity index (χ4n) is 5.25. The molecule has 4 rings (SSSR count). The lowest BCUT2D eigenvalue weighted by Crippen LogP contribution is -2.42. The van der Waals surface area contributed by atoms with Gasteiger partial charge < -0.3 is 35.5 Å². The molecule has 0 bridgehead atoms. The van der Waals surface area contributed by atoms with E-state index in [1.54, 1.807) is 9.47 Å². The molecule has 12 nitrogen and oxygen atoms in total. The van der Waals surface area contributed by atoms with E-state index in [0.717, 1.165) is 18.9 Å². The summed E-state index contributed by atoms with van der Waals surface area (Å²) in [7, 11) is 1.33. The number of fused-ring (bicyclic) bond motifs is 1. The van der Waals surface area contributed by atoms with Crippen LogP contribution in [0.3, 0.4) is 0 Å². The molecule has 1 aromatic heterocycles. The monoisotopic (exact) mass is 604 g/mol. The zero-order valence-corrected chi connectivity index (χ0v) is 23.7. The fourth-order valence-corrected chi connectivity index (χ4v) is 5.25. The molecule has 2 heterocycles. The minimum Gasteiger partial charge on any atom is -0.492 e. The van der Waals surface area contributed by atoms with E-state index in [0.29, 0.717) is 25.0 Å². The molecule has 1 atom stereocenters. The first kappa shape index (κ1) is 31.6. The van der Waals surface area contributed by atoms with Crippen LogP contribution in [0, 0.1) is 5.82 Å². The Morgan fingerprint density at radius 1 is 1.19 bits per heavy atom. The molecule has 5 N–H and O–H groups in total.